The topological polar surface area (TPSA) is 61.8 Å². The van der Waals surface area contributed by atoms with Crippen LogP contribution in [0.1, 0.15) is 32.6 Å². The summed E-state index contributed by atoms with van der Waals surface area (Å²) in [5.74, 6) is -1.03. The van der Waals surface area contributed by atoms with Gasteiger partial charge >= 0.3 is 11.9 Å². The summed E-state index contributed by atoms with van der Waals surface area (Å²) in [4.78, 5) is 30.1. The van der Waals surface area contributed by atoms with E-state index in [1.54, 1.807) is 0 Å². The maximum absolute atomic E-state index is 11.1. The molecule has 0 aromatic carbocycles. The van der Waals surface area contributed by atoms with Gasteiger partial charge in [0.1, 0.15) is 0 Å². The molecule has 0 aromatic heterocycles. The number of hydrogen-bond acceptors (Lipinski definition) is 5. The average Bonchev–Trinajstić information content (AvgIpc) is 2.27. The Balaban J connectivity index is 2.23. The van der Waals surface area contributed by atoms with Crippen LogP contribution >= 0.6 is 0 Å². The summed E-state index contributed by atoms with van der Waals surface area (Å²) in [5, 5.41) is 0. The van der Waals surface area contributed by atoms with Crippen LogP contribution in [0.3, 0.4) is 0 Å². The smallest absolute Gasteiger partial charge is 0.449 e. The molecule has 0 heterocycles. The van der Waals surface area contributed by atoms with Gasteiger partial charge in [0.05, 0.1) is 13.7 Å². The van der Waals surface area contributed by atoms with Gasteiger partial charge in [-0.3, -0.25) is 4.89 Å². The normalized spacial score (nSPS) is 23.6. The van der Waals surface area contributed by atoms with E-state index in [1.165, 1.54) is 5.57 Å². The molecular formula is C13H20O5. The summed E-state index contributed by atoms with van der Waals surface area (Å²) < 4.78 is 4.81. The lowest BCUT2D eigenvalue weighted by Gasteiger charge is -2.28. The molecule has 2 unspecified atom stereocenters. The molecule has 0 aliphatic heterocycles. The lowest BCUT2D eigenvalue weighted by molar-refractivity contribution is -0.255. The molecule has 102 valence electrons. The van der Waals surface area contributed by atoms with Crippen molar-refractivity contribution in [3.63, 3.8) is 0 Å². The molecule has 1 rings (SSSR count). The van der Waals surface area contributed by atoms with E-state index >= 15 is 0 Å². The van der Waals surface area contributed by atoms with E-state index in [0.717, 1.165) is 32.8 Å². The molecule has 0 N–H and O–H groups in total. The molecule has 1 saturated carbocycles. The van der Waals surface area contributed by atoms with Gasteiger partial charge in [-0.15, -0.1) is 0 Å². The van der Waals surface area contributed by atoms with Crippen LogP contribution in [0, 0.1) is 11.8 Å². The maximum Gasteiger partial charge on any atom is 0.449 e. The first-order valence-corrected chi connectivity index (χ1v) is 6.11. The zero-order chi connectivity index (χ0) is 13.5. The number of rotatable bonds is 4. The van der Waals surface area contributed by atoms with Gasteiger partial charge in [-0.05, 0) is 37.5 Å². The van der Waals surface area contributed by atoms with Gasteiger partial charge in [0.15, 0.2) is 0 Å². The number of ether oxygens (including phenoxy) is 1. The van der Waals surface area contributed by atoms with Gasteiger partial charge in [-0.1, -0.05) is 19.1 Å². The van der Waals surface area contributed by atoms with Crippen molar-refractivity contribution < 1.29 is 24.1 Å². The quantitative estimate of drug-likeness (QED) is 0.253. The lowest BCUT2D eigenvalue weighted by atomic mass is 9.79. The van der Waals surface area contributed by atoms with Crippen molar-refractivity contribution in [3.8, 4) is 0 Å². The van der Waals surface area contributed by atoms with Crippen LogP contribution in [-0.4, -0.2) is 25.7 Å². The number of carbonyl (C=O) groups excluding carboxylic acids is 2. The van der Waals surface area contributed by atoms with Crippen LogP contribution in [-0.2, 0) is 24.1 Å². The number of carbonyl (C=O) groups is 2. The highest BCUT2D eigenvalue weighted by Crippen LogP contribution is 2.33. The van der Waals surface area contributed by atoms with Crippen LogP contribution in [0.5, 0.6) is 0 Å². The predicted octanol–water partition coefficient (Wildman–Crippen LogP) is 2.02. The molecule has 0 aromatic rings. The van der Waals surface area contributed by atoms with E-state index in [0.29, 0.717) is 11.8 Å². The third-order valence-electron chi connectivity index (χ3n) is 3.04. The van der Waals surface area contributed by atoms with Gasteiger partial charge in [0.25, 0.3) is 0 Å². The van der Waals surface area contributed by atoms with Gasteiger partial charge in [0.2, 0.25) is 0 Å². The van der Waals surface area contributed by atoms with Gasteiger partial charge in [-0.25, -0.2) is 9.59 Å². The number of hydrogen-bond donors (Lipinski definition) is 0. The van der Waals surface area contributed by atoms with Crippen molar-refractivity contribution in [1.29, 1.82) is 0 Å². The first-order valence-electron chi connectivity index (χ1n) is 6.11. The van der Waals surface area contributed by atoms with E-state index in [9.17, 15) is 9.59 Å². The summed E-state index contributed by atoms with van der Waals surface area (Å²) in [6, 6.07) is 0. The first kappa shape index (κ1) is 14.7. The minimum atomic E-state index is -1.13. The maximum atomic E-state index is 11.1. The van der Waals surface area contributed by atoms with Crippen molar-refractivity contribution in [2.24, 2.45) is 11.8 Å². The summed E-state index contributed by atoms with van der Waals surface area (Å²) in [6.07, 6.45) is 3.91. The zero-order valence-electron chi connectivity index (χ0n) is 10.9. The van der Waals surface area contributed by atoms with Crippen LogP contribution in [0.2, 0.25) is 0 Å². The van der Waals surface area contributed by atoms with Crippen molar-refractivity contribution in [2.45, 2.75) is 32.6 Å². The molecular weight excluding hydrogens is 236 g/mol. The van der Waals surface area contributed by atoms with Crippen molar-refractivity contribution >= 4 is 11.9 Å². The highest BCUT2D eigenvalue weighted by molar-refractivity contribution is 6.29. The van der Waals surface area contributed by atoms with Gasteiger partial charge < -0.3 is 4.74 Å². The van der Waals surface area contributed by atoms with E-state index in [2.05, 4.69) is 23.3 Å². The lowest BCUT2D eigenvalue weighted by Crippen LogP contribution is -2.22. The minimum Gasteiger partial charge on any atom is -0.457 e. The molecule has 1 aliphatic rings. The SMILES string of the molecule is C=C1CC(C)CC(CCOC(=O)C(=O)OOC)C1. The van der Waals surface area contributed by atoms with E-state index in [4.69, 9.17) is 4.74 Å². The Kier molecular flexibility index (Phi) is 5.85. The summed E-state index contributed by atoms with van der Waals surface area (Å²) in [6.45, 7) is 6.43. The molecule has 1 fully saturated rings. The van der Waals surface area contributed by atoms with Crippen LogP contribution in [0.25, 0.3) is 0 Å². The molecule has 18 heavy (non-hydrogen) atoms. The molecule has 0 spiro atoms. The number of esters is 1. The molecule has 0 saturated heterocycles. The molecule has 1 aliphatic carbocycles. The Morgan fingerprint density at radius 3 is 2.67 bits per heavy atom. The van der Waals surface area contributed by atoms with Crippen LogP contribution < -0.4 is 0 Å². The van der Waals surface area contributed by atoms with E-state index in [-0.39, 0.29) is 6.61 Å². The van der Waals surface area contributed by atoms with Crippen LogP contribution in [0.4, 0.5) is 0 Å². The van der Waals surface area contributed by atoms with Gasteiger partial charge in [-0.2, -0.15) is 4.89 Å². The van der Waals surface area contributed by atoms with Crippen molar-refractivity contribution in [2.75, 3.05) is 13.7 Å². The number of allylic oxidation sites excluding steroid dienone is 1. The fourth-order valence-corrected chi connectivity index (χ4v) is 2.43. The Bertz CT molecular complexity index is 323. The second-order valence-electron chi connectivity index (χ2n) is 4.83. The highest BCUT2D eigenvalue weighted by atomic mass is 17.2. The summed E-state index contributed by atoms with van der Waals surface area (Å²) in [5.41, 5.74) is 1.25. The molecule has 0 radical (unpaired) electrons. The van der Waals surface area contributed by atoms with E-state index in [1.807, 2.05) is 0 Å². The standard InChI is InChI=1S/C13H20O5/c1-9-6-10(2)8-11(7-9)4-5-17-12(14)13(15)18-16-3/h10-11H,1,4-8H2,2-3H3. The Labute approximate surface area is 107 Å². The fraction of sp³-hybridized carbons (Fsp3) is 0.692. The van der Waals surface area contributed by atoms with Gasteiger partial charge in [0, 0.05) is 0 Å². The molecule has 0 bridgehead atoms. The molecule has 0 amide bonds. The monoisotopic (exact) mass is 256 g/mol. The van der Waals surface area contributed by atoms with Crippen molar-refractivity contribution in [1.82, 2.24) is 0 Å². The Morgan fingerprint density at radius 1 is 1.33 bits per heavy atom. The second-order valence-corrected chi connectivity index (χ2v) is 4.83. The molecule has 5 nitrogen and oxygen atoms in total. The fourth-order valence-electron chi connectivity index (χ4n) is 2.43. The molecule has 2 atom stereocenters. The third kappa shape index (κ3) is 4.87. The third-order valence-corrected chi connectivity index (χ3v) is 3.04. The van der Waals surface area contributed by atoms with Crippen LogP contribution in [0.15, 0.2) is 12.2 Å². The Hall–Kier alpha value is -1.36. The van der Waals surface area contributed by atoms with Crippen molar-refractivity contribution in [3.05, 3.63) is 12.2 Å². The van der Waals surface area contributed by atoms with E-state index < -0.39 is 11.9 Å². The predicted molar refractivity (Wildman–Crippen MR) is 64.3 cm³/mol. The second kappa shape index (κ2) is 7.16. The minimum absolute atomic E-state index is 0.225. The average molecular weight is 256 g/mol. The molecule has 5 heteroatoms. The largest absolute Gasteiger partial charge is 0.457 e. The zero-order valence-corrected chi connectivity index (χ0v) is 10.9. The first-order chi connectivity index (χ1) is 8.52. The summed E-state index contributed by atoms with van der Waals surface area (Å²) in [7, 11) is 1.15. The highest BCUT2D eigenvalue weighted by Gasteiger charge is 2.23. The summed E-state index contributed by atoms with van der Waals surface area (Å²) >= 11 is 0. The Morgan fingerprint density at radius 2 is 2.06 bits per heavy atom.